The van der Waals surface area contributed by atoms with Crippen LogP contribution >= 0.6 is 0 Å². The molecule has 0 saturated carbocycles. The van der Waals surface area contributed by atoms with E-state index in [1.807, 2.05) is 0 Å². The summed E-state index contributed by atoms with van der Waals surface area (Å²) in [5.41, 5.74) is 8.81. The van der Waals surface area contributed by atoms with Crippen molar-refractivity contribution < 1.29 is 14.0 Å². The van der Waals surface area contributed by atoms with Crippen molar-refractivity contribution in [3.63, 3.8) is 0 Å². The molecule has 4 N–H and O–H groups in total. The van der Waals surface area contributed by atoms with Crippen LogP contribution < -0.4 is 16.4 Å². The predicted molar refractivity (Wildman–Crippen MR) is 108 cm³/mol. The second kappa shape index (κ2) is 9.57. The van der Waals surface area contributed by atoms with Gasteiger partial charge in [0.25, 0.3) is 5.91 Å². The van der Waals surface area contributed by atoms with Gasteiger partial charge in [-0.15, -0.1) is 0 Å². The van der Waals surface area contributed by atoms with Crippen molar-refractivity contribution in [1.82, 2.24) is 10.3 Å². The monoisotopic (exact) mass is 392 g/mol. The van der Waals surface area contributed by atoms with Gasteiger partial charge >= 0.3 is 0 Å². The van der Waals surface area contributed by atoms with E-state index < -0.39 is 6.04 Å². The van der Waals surface area contributed by atoms with Crippen molar-refractivity contribution in [2.45, 2.75) is 19.0 Å². The Labute approximate surface area is 168 Å². The molecule has 7 heteroatoms. The smallest absolute Gasteiger partial charge is 0.255 e. The van der Waals surface area contributed by atoms with Crippen LogP contribution in [-0.2, 0) is 11.3 Å². The van der Waals surface area contributed by atoms with E-state index in [2.05, 4.69) is 15.6 Å². The molecule has 0 fully saturated rings. The number of nitrogens with two attached hydrogens (primary N) is 1. The normalized spacial score (nSPS) is 11.5. The Bertz CT molecular complexity index is 960. The first-order valence-corrected chi connectivity index (χ1v) is 9.09. The van der Waals surface area contributed by atoms with E-state index in [0.29, 0.717) is 17.8 Å². The van der Waals surface area contributed by atoms with E-state index in [1.54, 1.807) is 60.9 Å². The number of amides is 2. The molecular formula is C22H21FN4O2. The maximum atomic E-state index is 12.9. The van der Waals surface area contributed by atoms with Crippen LogP contribution in [-0.4, -0.2) is 16.8 Å². The number of pyridine rings is 1. The van der Waals surface area contributed by atoms with E-state index in [0.717, 1.165) is 11.1 Å². The summed E-state index contributed by atoms with van der Waals surface area (Å²) in [6.07, 6.45) is 3.29. The van der Waals surface area contributed by atoms with Crippen LogP contribution in [0.25, 0.3) is 0 Å². The number of anilines is 1. The van der Waals surface area contributed by atoms with Gasteiger partial charge in [0, 0.05) is 42.7 Å². The zero-order chi connectivity index (χ0) is 20.6. The van der Waals surface area contributed by atoms with Crippen LogP contribution in [0, 0.1) is 5.82 Å². The first-order valence-electron chi connectivity index (χ1n) is 9.09. The minimum atomic E-state index is -0.500. The van der Waals surface area contributed by atoms with Gasteiger partial charge in [-0.3, -0.25) is 14.6 Å². The molecule has 2 amide bonds. The van der Waals surface area contributed by atoms with Crippen molar-refractivity contribution in [2.24, 2.45) is 5.73 Å². The average Bonchev–Trinajstić information content (AvgIpc) is 2.74. The number of nitrogens with zero attached hydrogens (tertiary/aromatic N) is 1. The number of hydrogen-bond acceptors (Lipinski definition) is 4. The first kappa shape index (κ1) is 20.2. The largest absolute Gasteiger partial charge is 0.352 e. The topological polar surface area (TPSA) is 97.1 Å². The lowest BCUT2D eigenvalue weighted by molar-refractivity contribution is -0.121. The Morgan fingerprint density at radius 2 is 1.62 bits per heavy atom. The molecule has 0 bridgehead atoms. The molecular weight excluding hydrogens is 371 g/mol. The summed E-state index contributed by atoms with van der Waals surface area (Å²) in [4.78, 5) is 28.3. The molecule has 0 aliphatic rings. The molecule has 1 heterocycles. The van der Waals surface area contributed by atoms with Crippen LogP contribution in [0.1, 0.15) is 33.9 Å². The molecule has 0 aliphatic carbocycles. The number of aromatic nitrogens is 1. The van der Waals surface area contributed by atoms with Gasteiger partial charge in [-0.1, -0.05) is 24.3 Å². The van der Waals surface area contributed by atoms with Gasteiger partial charge in [-0.25, -0.2) is 4.39 Å². The number of benzene rings is 2. The number of rotatable bonds is 7. The van der Waals surface area contributed by atoms with Crippen LogP contribution in [0.2, 0.25) is 0 Å². The number of nitrogens with one attached hydrogen (secondary N) is 2. The molecule has 6 nitrogen and oxygen atoms in total. The number of carbonyl (C=O) groups excluding carboxylic acids is 2. The van der Waals surface area contributed by atoms with Crippen LogP contribution in [0.15, 0.2) is 73.1 Å². The van der Waals surface area contributed by atoms with E-state index in [4.69, 9.17) is 5.73 Å². The van der Waals surface area contributed by atoms with Crippen LogP contribution in [0.4, 0.5) is 10.1 Å². The van der Waals surface area contributed by atoms with Gasteiger partial charge in [0.2, 0.25) is 5.91 Å². The highest BCUT2D eigenvalue weighted by Crippen LogP contribution is 2.16. The molecule has 0 radical (unpaired) electrons. The van der Waals surface area contributed by atoms with Gasteiger partial charge in [-0.05, 0) is 47.5 Å². The number of hydrogen-bond donors (Lipinski definition) is 3. The average molecular weight is 392 g/mol. The zero-order valence-electron chi connectivity index (χ0n) is 15.6. The highest BCUT2D eigenvalue weighted by Gasteiger charge is 2.13. The van der Waals surface area contributed by atoms with Crippen LogP contribution in [0.3, 0.4) is 0 Å². The summed E-state index contributed by atoms with van der Waals surface area (Å²) in [6, 6.07) is 15.6. The van der Waals surface area contributed by atoms with Gasteiger partial charge in [-0.2, -0.15) is 0 Å². The number of carbonyl (C=O) groups is 2. The summed E-state index contributed by atoms with van der Waals surface area (Å²) in [6.45, 7) is 0.306. The summed E-state index contributed by atoms with van der Waals surface area (Å²) in [7, 11) is 0. The van der Waals surface area contributed by atoms with Crippen molar-refractivity contribution in [3.05, 3.63) is 95.6 Å². The van der Waals surface area contributed by atoms with Crippen molar-refractivity contribution in [2.75, 3.05) is 5.32 Å². The van der Waals surface area contributed by atoms with Crippen molar-refractivity contribution >= 4 is 17.5 Å². The zero-order valence-corrected chi connectivity index (χ0v) is 15.6. The second-order valence-corrected chi connectivity index (χ2v) is 6.53. The van der Waals surface area contributed by atoms with Crippen molar-refractivity contribution in [3.8, 4) is 0 Å². The van der Waals surface area contributed by atoms with Gasteiger partial charge in [0.1, 0.15) is 5.82 Å². The fraction of sp³-hybridized carbons (Fsp3) is 0.136. The summed E-state index contributed by atoms with van der Waals surface area (Å²) < 4.78 is 12.9. The Morgan fingerprint density at radius 1 is 0.966 bits per heavy atom. The molecule has 0 spiro atoms. The Kier molecular flexibility index (Phi) is 6.65. The third kappa shape index (κ3) is 5.95. The van der Waals surface area contributed by atoms with E-state index in [9.17, 15) is 14.0 Å². The van der Waals surface area contributed by atoms with Gasteiger partial charge in [0.05, 0.1) is 0 Å². The third-order valence-corrected chi connectivity index (χ3v) is 4.35. The minimum Gasteiger partial charge on any atom is -0.352 e. The lowest BCUT2D eigenvalue weighted by Gasteiger charge is -2.13. The molecule has 0 aliphatic heterocycles. The fourth-order valence-corrected chi connectivity index (χ4v) is 2.71. The third-order valence-electron chi connectivity index (χ3n) is 4.35. The molecule has 1 aromatic heterocycles. The quantitative estimate of drug-likeness (QED) is 0.575. The lowest BCUT2D eigenvalue weighted by atomic mass is 10.0. The molecule has 2 aromatic carbocycles. The molecule has 1 atom stereocenters. The highest BCUT2D eigenvalue weighted by molar-refractivity contribution is 6.04. The summed E-state index contributed by atoms with van der Waals surface area (Å²) >= 11 is 0. The second-order valence-electron chi connectivity index (χ2n) is 6.53. The molecule has 3 aromatic rings. The number of halogens is 1. The Balaban J connectivity index is 1.51. The highest BCUT2D eigenvalue weighted by atomic mass is 19.1. The first-order chi connectivity index (χ1) is 14.0. The van der Waals surface area contributed by atoms with Gasteiger partial charge < -0.3 is 16.4 Å². The van der Waals surface area contributed by atoms with Crippen molar-refractivity contribution in [1.29, 1.82) is 0 Å². The van der Waals surface area contributed by atoms with Crippen LogP contribution in [0.5, 0.6) is 0 Å². The van der Waals surface area contributed by atoms with Gasteiger partial charge in [0.15, 0.2) is 0 Å². The Morgan fingerprint density at radius 3 is 2.28 bits per heavy atom. The maximum absolute atomic E-state index is 12.9. The Hall–Kier alpha value is -3.58. The molecule has 29 heavy (non-hydrogen) atoms. The molecule has 1 unspecified atom stereocenters. The fourth-order valence-electron chi connectivity index (χ4n) is 2.71. The molecule has 148 valence electrons. The summed E-state index contributed by atoms with van der Waals surface area (Å²) in [5.74, 6) is -0.769. The molecule has 0 saturated heterocycles. The van der Waals surface area contributed by atoms with E-state index in [-0.39, 0.29) is 24.1 Å². The lowest BCUT2D eigenvalue weighted by Crippen LogP contribution is -2.27. The van der Waals surface area contributed by atoms with E-state index in [1.165, 1.54) is 12.1 Å². The minimum absolute atomic E-state index is 0.101. The SMILES string of the molecule is NC(CC(=O)NCc1ccc(F)cc1)c1ccc(C(=O)Nc2ccncc2)cc1. The van der Waals surface area contributed by atoms with E-state index >= 15 is 0 Å². The summed E-state index contributed by atoms with van der Waals surface area (Å²) in [5, 5.41) is 5.54. The predicted octanol–water partition coefficient (Wildman–Crippen LogP) is 3.18. The standard InChI is InChI=1S/C22H21FN4O2/c23-18-7-1-15(2-8-18)14-26-21(28)13-20(24)16-3-5-17(6-4-16)22(29)27-19-9-11-25-12-10-19/h1-12,20H,13-14,24H2,(H,26,28)(H,25,27,29). The molecule has 3 rings (SSSR count). The maximum Gasteiger partial charge on any atom is 0.255 e.